The Morgan fingerprint density at radius 1 is 1.56 bits per heavy atom. The number of aliphatic imine (C=N–C) groups is 1. The molecule has 0 radical (unpaired) electrons. The van der Waals surface area contributed by atoms with E-state index >= 15 is 0 Å². The van der Waals surface area contributed by atoms with Crippen LogP contribution < -0.4 is 5.32 Å². The summed E-state index contributed by atoms with van der Waals surface area (Å²) in [5.41, 5.74) is 2.84. The molecule has 48 valence electrons. The van der Waals surface area contributed by atoms with Crippen molar-refractivity contribution in [3.8, 4) is 0 Å². The number of hydrogen-bond donors (Lipinski definition) is 1. The minimum absolute atomic E-state index is 0.992. The summed E-state index contributed by atoms with van der Waals surface area (Å²) in [6, 6.07) is 0. The van der Waals surface area contributed by atoms with Crippen molar-refractivity contribution in [2.24, 2.45) is 4.99 Å². The highest BCUT2D eigenvalue weighted by Gasteiger charge is 2.13. The van der Waals surface area contributed by atoms with Gasteiger partial charge in [-0.1, -0.05) is 0 Å². The van der Waals surface area contributed by atoms with Crippen LogP contribution in [0.5, 0.6) is 0 Å². The lowest BCUT2D eigenvalue weighted by Crippen LogP contribution is -2.23. The van der Waals surface area contributed by atoms with E-state index in [1.165, 1.54) is 12.1 Å². The quantitative estimate of drug-likeness (QED) is 0.502. The SMILES string of the molecule is C1=NC2=C(C1)CCNC2. The minimum atomic E-state index is 0.992. The predicted octanol–water partition coefficient (Wildman–Crippen LogP) is 0.708. The maximum Gasteiger partial charge on any atom is 0.0534 e. The molecule has 2 heteroatoms. The van der Waals surface area contributed by atoms with Crippen molar-refractivity contribution in [3.05, 3.63) is 11.3 Å². The fourth-order valence-corrected chi connectivity index (χ4v) is 1.34. The molecule has 2 heterocycles. The lowest BCUT2D eigenvalue weighted by Gasteiger charge is -2.12. The molecule has 0 aromatic heterocycles. The summed E-state index contributed by atoms with van der Waals surface area (Å²) in [4.78, 5) is 4.25. The first kappa shape index (κ1) is 5.18. The predicted molar refractivity (Wildman–Crippen MR) is 37.6 cm³/mol. The Morgan fingerprint density at radius 3 is 3.44 bits per heavy atom. The van der Waals surface area contributed by atoms with Crippen molar-refractivity contribution in [1.82, 2.24) is 5.32 Å². The van der Waals surface area contributed by atoms with Crippen molar-refractivity contribution in [2.45, 2.75) is 12.8 Å². The van der Waals surface area contributed by atoms with Gasteiger partial charge in [0.15, 0.2) is 0 Å². The lowest BCUT2D eigenvalue weighted by molar-refractivity contribution is 0.675. The standard InChI is InChI=1S/C7H10N2/c1-3-8-5-7-6(1)2-4-9-7/h4,8H,1-3,5H2. The zero-order valence-corrected chi connectivity index (χ0v) is 5.35. The van der Waals surface area contributed by atoms with Crippen LogP contribution in [0.3, 0.4) is 0 Å². The maximum atomic E-state index is 4.25. The summed E-state index contributed by atoms with van der Waals surface area (Å²) < 4.78 is 0. The van der Waals surface area contributed by atoms with Crippen molar-refractivity contribution in [1.29, 1.82) is 0 Å². The topological polar surface area (TPSA) is 24.4 Å². The smallest absolute Gasteiger partial charge is 0.0534 e. The van der Waals surface area contributed by atoms with E-state index in [9.17, 15) is 0 Å². The number of rotatable bonds is 0. The van der Waals surface area contributed by atoms with Crippen molar-refractivity contribution >= 4 is 6.21 Å². The van der Waals surface area contributed by atoms with E-state index in [1.807, 2.05) is 6.21 Å². The summed E-state index contributed by atoms with van der Waals surface area (Å²) in [5, 5.41) is 3.28. The van der Waals surface area contributed by atoms with Crippen molar-refractivity contribution in [3.63, 3.8) is 0 Å². The Morgan fingerprint density at radius 2 is 2.56 bits per heavy atom. The molecule has 0 aromatic carbocycles. The molecule has 0 saturated heterocycles. The van der Waals surface area contributed by atoms with Crippen LogP contribution in [0, 0.1) is 0 Å². The first-order valence-electron chi connectivity index (χ1n) is 3.41. The summed E-state index contributed by atoms with van der Waals surface area (Å²) in [5.74, 6) is 0. The fraction of sp³-hybridized carbons (Fsp3) is 0.571. The first-order chi connectivity index (χ1) is 4.47. The zero-order valence-electron chi connectivity index (χ0n) is 5.35. The molecule has 0 amide bonds. The second kappa shape index (κ2) is 1.95. The van der Waals surface area contributed by atoms with Crippen molar-refractivity contribution < 1.29 is 0 Å². The summed E-state index contributed by atoms with van der Waals surface area (Å²) in [6.07, 6.45) is 4.32. The van der Waals surface area contributed by atoms with E-state index in [1.54, 1.807) is 5.57 Å². The average Bonchev–Trinajstić information content (AvgIpc) is 2.33. The molecule has 1 N–H and O–H groups in total. The normalized spacial score (nSPS) is 24.9. The molecule has 0 atom stereocenters. The molecule has 2 nitrogen and oxygen atoms in total. The molecule has 0 saturated carbocycles. The third-order valence-corrected chi connectivity index (χ3v) is 1.89. The molecule has 0 unspecified atom stereocenters. The molecular weight excluding hydrogens is 112 g/mol. The van der Waals surface area contributed by atoms with Gasteiger partial charge in [-0.3, -0.25) is 4.99 Å². The van der Waals surface area contributed by atoms with E-state index in [2.05, 4.69) is 10.3 Å². The van der Waals surface area contributed by atoms with E-state index in [0.29, 0.717) is 0 Å². The van der Waals surface area contributed by atoms with Gasteiger partial charge in [0.25, 0.3) is 0 Å². The second-order valence-corrected chi connectivity index (χ2v) is 2.49. The Labute approximate surface area is 54.7 Å². The van der Waals surface area contributed by atoms with Crippen LogP contribution in [-0.4, -0.2) is 19.3 Å². The van der Waals surface area contributed by atoms with Crippen LogP contribution >= 0.6 is 0 Å². The van der Waals surface area contributed by atoms with Gasteiger partial charge in [0, 0.05) is 19.2 Å². The van der Waals surface area contributed by atoms with Gasteiger partial charge >= 0.3 is 0 Å². The first-order valence-corrected chi connectivity index (χ1v) is 3.41. The third kappa shape index (κ3) is 0.793. The van der Waals surface area contributed by atoms with Gasteiger partial charge in [-0.25, -0.2) is 0 Å². The van der Waals surface area contributed by atoms with Crippen LogP contribution in [0.2, 0.25) is 0 Å². The van der Waals surface area contributed by atoms with Gasteiger partial charge in [-0.2, -0.15) is 0 Å². The Balaban J connectivity index is 2.24. The molecular formula is C7H10N2. The average molecular weight is 122 g/mol. The molecule has 0 fully saturated rings. The van der Waals surface area contributed by atoms with Gasteiger partial charge < -0.3 is 5.32 Å². The molecule has 9 heavy (non-hydrogen) atoms. The molecule has 0 aliphatic carbocycles. The van der Waals surface area contributed by atoms with Crippen LogP contribution in [-0.2, 0) is 0 Å². The third-order valence-electron chi connectivity index (χ3n) is 1.89. The zero-order chi connectivity index (χ0) is 6.10. The molecule has 0 bridgehead atoms. The molecule has 0 spiro atoms. The van der Waals surface area contributed by atoms with Crippen LogP contribution in [0.4, 0.5) is 0 Å². The Hall–Kier alpha value is -0.630. The summed E-state index contributed by atoms with van der Waals surface area (Å²) in [7, 11) is 0. The Kier molecular flexibility index (Phi) is 1.12. The van der Waals surface area contributed by atoms with Crippen LogP contribution in [0.15, 0.2) is 16.3 Å². The van der Waals surface area contributed by atoms with E-state index < -0.39 is 0 Å². The highest BCUT2D eigenvalue weighted by Crippen LogP contribution is 2.20. The van der Waals surface area contributed by atoms with Crippen molar-refractivity contribution in [2.75, 3.05) is 13.1 Å². The van der Waals surface area contributed by atoms with Crippen LogP contribution in [0.1, 0.15) is 12.8 Å². The molecule has 2 aliphatic rings. The molecule has 0 aromatic rings. The lowest BCUT2D eigenvalue weighted by atomic mass is 10.1. The monoisotopic (exact) mass is 122 g/mol. The minimum Gasteiger partial charge on any atom is -0.311 e. The van der Waals surface area contributed by atoms with Gasteiger partial charge in [-0.05, 0) is 18.5 Å². The van der Waals surface area contributed by atoms with E-state index in [-0.39, 0.29) is 0 Å². The second-order valence-electron chi connectivity index (χ2n) is 2.49. The van der Waals surface area contributed by atoms with Gasteiger partial charge in [0.05, 0.1) is 5.70 Å². The van der Waals surface area contributed by atoms with Gasteiger partial charge in [-0.15, -0.1) is 0 Å². The van der Waals surface area contributed by atoms with E-state index in [0.717, 1.165) is 19.5 Å². The van der Waals surface area contributed by atoms with Crippen LogP contribution in [0.25, 0.3) is 0 Å². The van der Waals surface area contributed by atoms with E-state index in [4.69, 9.17) is 0 Å². The Bertz CT molecular complexity index is 179. The summed E-state index contributed by atoms with van der Waals surface area (Å²) in [6.45, 7) is 2.13. The maximum absolute atomic E-state index is 4.25. The largest absolute Gasteiger partial charge is 0.311 e. The highest BCUT2D eigenvalue weighted by atomic mass is 14.9. The van der Waals surface area contributed by atoms with Gasteiger partial charge in [0.2, 0.25) is 0 Å². The number of nitrogens with one attached hydrogen (secondary N) is 1. The number of nitrogens with zero attached hydrogens (tertiary/aromatic N) is 1. The molecule has 2 rings (SSSR count). The summed E-state index contributed by atoms with van der Waals surface area (Å²) >= 11 is 0. The number of hydrogen-bond acceptors (Lipinski definition) is 2. The fourth-order valence-electron chi connectivity index (χ4n) is 1.34. The molecule has 2 aliphatic heterocycles. The van der Waals surface area contributed by atoms with Gasteiger partial charge in [0.1, 0.15) is 0 Å². The highest BCUT2D eigenvalue weighted by molar-refractivity contribution is 5.67.